The quantitative estimate of drug-likeness (QED) is 0.732. The third-order valence-corrected chi connectivity index (χ3v) is 4.69. The van der Waals surface area contributed by atoms with Gasteiger partial charge in [-0.15, -0.1) is 0 Å². The molecule has 6 heteroatoms. The Morgan fingerprint density at radius 2 is 1.72 bits per heavy atom. The Kier molecular flexibility index (Phi) is 5.48. The van der Waals surface area contributed by atoms with E-state index >= 15 is 0 Å². The third-order valence-electron chi connectivity index (χ3n) is 4.44. The smallest absolute Gasteiger partial charge is 0.138 e. The number of hydrogen-bond acceptors (Lipinski definition) is 4. The Morgan fingerprint density at radius 1 is 1.08 bits per heavy atom. The van der Waals surface area contributed by atoms with E-state index < -0.39 is 6.10 Å². The molecule has 2 aromatic carbocycles. The molecule has 3 aromatic rings. The van der Waals surface area contributed by atoms with Crippen LogP contribution in [0.1, 0.15) is 30.2 Å². The molecule has 0 aliphatic rings. The highest BCUT2D eigenvalue weighted by atomic mass is 35.5. The van der Waals surface area contributed by atoms with Gasteiger partial charge in [0.15, 0.2) is 0 Å². The normalized spacial score (nSPS) is 13.8. The Morgan fingerprint density at radius 3 is 2.32 bits per heavy atom. The summed E-state index contributed by atoms with van der Waals surface area (Å²) in [6.07, 6.45) is 2.63. The first-order valence-electron chi connectivity index (χ1n) is 8.13. The van der Waals surface area contributed by atoms with Gasteiger partial charge in [0.05, 0.1) is 11.8 Å². The summed E-state index contributed by atoms with van der Waals surface area (Å²) < 4.78 is 1.72. The second-order valence-electron chi connectivity index (χ2n) is 6.11. The number of hydrogen-bond donors (Lipinski definition) is 1. The van der Waals surface area contributed by atoms with E-state index in [0.29, 0.717) is 11.6 Å². The van der Waals surface area contributed by atoms with Crippen molar-refractivity contribution in [2.24, 2.45) is 0 Å². The minimum Gasteiger partial charge on any atom is -0.387 e. The number of benzene rings is 2. The second kappa shape index (κ2) is 7.78. The molecule has 3 rings (SSSR count). The Balaban J connectivity index is 1.65. The lowest BCUT2D eigenvalue weighted by Gasteiger charge is -2.27. The van der Waals surface area contributed by atoms with Crippen LogP contribution in [-0.2, 0) is 0 Å². The summed E-state index contributed by atoms with van der Waals surface area (Å²) in [4.78, 5) is 6.09. The van der Waals surface area contributed by atoms with E-state index in [1.807, 2.05) is 31.3 Å². The van der Waals surface area contributed by atoms with Gasteiger partial charge >= 0.3 is 0 Å². The number of aromatic nitrogens is 3. The first-order valence-corrected chi connectivity index (χ1v) is 8.51. The van der Waals surface area contributed by atoms with Crippen LogP contribution in [0.3, 0.4) is 0 Å². The van der Waals surface area contributed by atoms with Gasteiger partial charge in [0.25, 0.3) is 0 Å². The number of rotatable bonds is 6. The van der Waals surface area contributed by atoms with Gasteiger partial charge in [-0.2, -0.15) is 5.10 Å². The molecule has 0 saturated heterocycles. The molecule has 0 radical (unpaired) electrons. The molecule has 0 aliphatic carbocycles. The Hall–Kier alpha value is -2.21. The van der Waals surface area contributed by atoms with Gasteiger partial charge in [0, 0.05) is 17.6 Å². The lowest BCUT2D eigenvalue weighted by Crippen LogP contribution is -2.27. The molecule has 0 amide bonds. The maximum atomic E-state index is 10.4. The standard InChI is InChI=1S/C19H21ClN4O/c1-14(15-5-9-18(10-6-15)24-13-21-12-22-24)23(2)11-19(25)16-3-7-17(20)8-4-16/h3-10,12-14,19,25H,11H2,1-2H3. The average Bonchev–Trinajstić information content (AvgIpc) is 3.16. The zero-order valence-corrected chi connectivity index (χ0v) is 15.0. The van der Waals surface area contributed by atoms with E-state index in [2.05, 4.69) is 34.0 Å². The van der Waals surface area contributed by atoms with E-state index in [-0.39, 0.29) is 6.04 Å². The van der Waals surface area contributed by atoms with Gasteiger partial charge in [-0.25, -0.2) is 9.67 Å². The average molecular weight is 357 g/mol. The minimum atomic E-state index is -0.556. The van der Waals surface area contributed by atoms with Crippen molar-refractivity contribution in [2.75, 3.05) is 13.6 Å². The number of aliphatic hydroxyl groups is 1. The van der Waals surface area contributed by atoms with E-state index in [4.69, 9.17) is 11.6 Å². The Bertz CT molecular complexity index is 787. The van der Waals surface area contributed by atoms with Gasteiger partial charge in [-0.3, -0.25) is 4.90 Å². The molecule has 1 N–H and O–H groups in total. The van der Waals surface area contributed by atoms with Crippen LogP contribution in [0.25, 0.3) is 5.69 Å². The first-order chi connectivity index (χ1) is 12.0. The molecular weight excluding hydrogens is 336 g/mol. The topological polar surface area (TPSA) is 54.2 Å². The maximum Gasteiger partial charge on any atom is 0.138 e. The zero-order valence-electron chi connectivity index (χ0n) is 14.2. The van der Waals surface area contributed by atoms with Gasteiger partial charge in [0.2, 0.25) is 0 Å². The molecule has 0 fully saturated rings. The largest absolute Gasteiger partial charge is 0.387 e. The van der Waals surface area contributed by atoms with E-state index in [1.54, 1.807) is 23.1 Å². The summed E-state index contributed by atoms with van der Waals surface area (Å²) in [5.41, 5.74) is 3.01. The van der Waals surface area contributed by atoms with Crippen LogP contribution < -0.4 is 0 Å². The summed E-state index contributed by atoms with van der Waals surface area (Å²) in [6.45, 7) is 2.66. The lowest BCUT2D eigenvalue weighted by molar-refractivity contribution is 0.108. The van der Waals surface area contributed by atoms with Gasteiger partial charge < -0.3 is 5.11 Å². The monoisotopic (exact) mass is 356 g/mol. The third kappa shape index (κ3) is 4.25. The fourth-order valence-electron chi connectivity index (χ4n) is 2.72. The molecule has 130 valence electrons. The predicted molar refractivity (Wildman–Crippen MR) is 98.8 cm³/mol. The molecule has 0 saturated carbocycles. The van der Waals surface area contributed by atoms with Crippen molar-refractivity contribution in [3.05, 3.63) is 77.3 Å². The molecule has 2 atom stereocenters. The van der Waals surface area contributed by atoms with Gasteiger partial charge in [-0.05, 0) is 49.4 Å². The molecule has 0 bridgehead atoms. The molecule has 25 heavy (non-hydrogen) atoms. The van der Waals surface area contributed by atoms with E-state index in [0.717, 1.165) is 11.3 Å². The fraction of sp³-hybridized carbons (Fsp3) is 0.263. The highest BCUT2D eigenvalue weighted by Gasteiger charge is 2.17. The number of nitrogens with zero attached hydrogens (tertiary/aromatic N) is 4. The van der Waals surface area contributed by atoms with Crippen molar-refractivity contribution in [3.63, 3.8) is 0 Å². The first kappa shape index (κ1) is 17.6. The summed E-state index contributed by atoms with van der Waals surface area (Å²) >= 11 is 5.90. The maximum absolute atomic E-state index is 10.4. The van der Waals surface area contributed by atoms with Crippen LogP contribution >= 0.6 is 11.6 Å². The van der Waals surface area contributed by atoms with Crippen LogP contribution in [0.15, 0.2) is 61.2 Å². The Labute approximate surface area is 152 Å². The van der Waals surface area contributed by atoms with Gasteiger partial charge in [0.1, 0.15) is 12.7 Å². The minimum absolute atomic E-state index is 0.173. The van der Waals surface area contributed by atoms with Crippen LogP contribution in [0, 0.1) is 0 Å². The zero-order chi connectivity index (χ0) is 17.8. The van der Waals surface area contributed by atoms with Crippen molar-refractivity contribution in [2.45, 2.75) is 19.1 Å². The van der Waals surface area contributed by atoms with Crippen LogP contribution in [0.2, 0.25) is 5.02 Å². The molecule has 1 heterocycles. The second-order valence-corrected chi connectivity index (χ2v) is 6.55. The summed E-state index contributed by atoms with van der Waals surface area (Å²) in [7, 11) is 2.01. The SMILES string of the molecule is CC(c1ccc(-n2cncn2)cc1)N(C)CC(O)c1ccc(Cl)cc1. The number of likely N-dealkylation sites (N-methyl/N-ethyl adjacent to an activating group) is 1. The molecule has 0 spiro atoms. The van der Waals surface area contributed by atoms with Crippen LogP contribution in [0.5, 0.6) is 0 Å². The lowest BCUT2D eigenvalue weighted by atomic mass is 10.0. The fourth-order valence-corrected chi connectivity index (χ4v) is 2.85. The van der Waals surface area contributed by atoms with Crippen molar-refractivity contribution >= 4 is 11.6 Å². The highest BCUT2D eigenvalue weighted by molar-refractivity contribution is 6.30. The molecule has 2 unspecified atom stereocenters. The van der Waals surface area contributed by atoms with E-state index in [9.17, 15) is 5.11 Å². The molecule has 0 aliphatic heterocycles. The van der Waals surface area contributed by atoms with E-state index in [1.165, 1.54) is 11.9 Å². The molecular formula is C19H21ClN4O. The van der Waals surface area contributed by atoms with Crippen LogP contribution in [0.4, 0.5) is 0 Å². The summed E-state index contributed by atoms with van der Waals surface area (Å²) in [6, 6.07) is 15.7. The van der Waals surface area contributed by atoms with Crippen molar-refractivity contribution in [1.82, 2.24) is 19.7 Å². The van der Waals surface area contributed by atoms with Crippen molar-refractivity contribution in [1.29, 1.82) is 0 Å². The number of halogens is 1. The summed E-state index contributed by atoms with van der Waals surface area (Å²) in [5, 5.41) is 15.2. The highest BCUT2D eigenvalue weighted by Crippen LogP contribution is 2.24. The predicted octanol–water partition coefficient (Wildman–Crippen LogP) is 3.65. The van der Waals surface area contributed by atoms with Gasteiger partial charge in [-0.1, -0.05) is 35.9 Å². The summed E-state index contributed by atoms with van der Waals surface area (Å²) in [5.74, 6) is 0. The van der Waals surface area contributed by atoms with Crippen LogP contribution in [-0.4, -0.2) is 38.4 Å². The molecule has 1 aromatic heterocycles. The number of aliphatic hydroxyl groups excluding tert-OH is 1. The molecule has 5 nitrogen and oxygen atoms in total. The van der Waals surface area contributed by atoms with Crippen molar-refractivity contribution < 1.29 is 5.11 Å². The van der Waals surface area contributed by atoms with Crippen molar-refractivity contribution in [3.8, 4) is 5.69 Å².